The zero-order chi connectivity index (χ0) is 23.2. The lowest BCUT2D eigenvalue weighted by atomic mass is 9.98. The fourth-order valence-corrected chi connectivity index (χ4v) is 4.62. The molecule has 5 nitrogen and oxygen atoms in total. The fraction of sp³-hybridized carbons (Fsp3) is 0.222. The summed E-state index contributed by atoms with van der Waals surface area (Å²) >= 11 is 3.60. The van der Waals surface area contributed by atoms with Crippen LogP contribution in [-0.2, 0) is 4.79 Å². The molecule has 168 valence electrons. The van der Waals surface area contributed by atoms with Crippen molar-refractivity contribution < 1.29 is 14.4 Å². The number of amides is 3. The van der Waals surface area contributed by atoms with E-state index in [9.17, 15) is 14.4 Å². The number of benzene rings is 3. The molecule has 0 aliphatic carbocycles. The Morgan fingerprint density at radius 1 is 0.788 bits per heavy atom. The summed E-state index contributed by atoms with van der Waals surface area (Å²) in [6.07, 6.45) is 2.50. The first-order chi connectivity index (χ1) is 16.1. The molecule has 1 aliphatic rings. The molecule has 3 amide bonds. The Kier molecular flexibility index (Phi) is 7.35. The van der Waals surface area contributed by atoms with Crippen molar-refractivity contribution in [3.63, 3.8) is 0 Å². The molecule has 1 N–H and O–H groups in total. The normalized spacial score (nSPS) is 13.7. The Labute approximate surface area is 201 Å². The van der Waals surface area contributed by atoms with Crippen LogP contribution in [0, 0.1) is 0 Å². The fourth-order valence-electron chi connectivity index (χ4n) is 4.10. The first kappa shape index (κ1) is 22.9. The minimum absolute atomic E-state index is 0.0275. The van der Waals surface area contributed by atoms with E-state index in [0.717, 1.165) is 22.0 Å². The highest BCUT2D eigenvalue weighted by Gasteiger charge is 2.34. The number of halogens is 1. The molecule has 1 heterocycles. The lowest BCUT2D eigenvalue weighted by Crippen LogP contribution is -2.31. The summed E-state index contributed by atoms with van der Waals surface area (Å²) in [7, 11) is 0. The van der Waals surface area contributed by atoms with Gasteiger partial charge in [-0.25, -0.2) is 0 Å². The molecule has 3 aromatic carbocycles. The highest BCUT2D eigenvalue weighted by Crippen LogP contribution is 2.29. The van der Waals surface area contributed by atoms with Crippen LogP contribution in [0.5, 0.6) is 0 Å². The number of rotatable bonds is 9. The van der Waals surface area contributed by atoms with E-state index >= 15 is 0 Å². The zero-order valence-corrected chi connectivity index (χ0v) is 19.8. The van der Waals surface area contributed by atoms with Crippen LogP contribution in [0.25, 0.3) is 0 Å². The number of unbranched alkanes of at least 4 members (excludes halogenated alkanes) is 2. The highest BCUT2D eigenvalue weighted by molar-refractivity contribution is 9.10. The number of nitrogens with zero attached hydrogens (tertiary/aromatic N) is 1. The van der Waals surface area contributed by atoms with Gasteiger partial charge in [-0.05, 0) is 42.2 Å². The van der Waals surface area contributed by atoms with Crippen LogP contribution < -0.4 is 5.32 Å². The van der Waals surface area contributed by atoms with Crippen molar-refractivity contribution in [1.29, 1.82) is 0 Å². The quantitative estimate of drug-likeness (QED) is 0.308. The molecule has 33 heavy (non-hydrogen) atoms. The van der Waals surface area contributed by atoms with E-state index in [0.29, 0.717) is 36.9 Å². The summed E-state index contributed by atoms with van der Waals surface area (Å²) in [5, 5.41) is 3.16. The lowest BCUT2D eigenvalue weighted by molar-refractivity contribution is -0.121. The van der Waals surface area contributed by atoms with E-state index < -0.39 is 0 Å². The Bertz CT molecular complexity index is 1130. The van der Waals surface area contributed by atoms with Gasteiger partial charge in [-0.15, -0.1) is 0 Å². The molecule has 1 aliphatic heterocycles. The van der Waals surface area contributed by atoms with Crippen molar-refractivity contribution in [2.45, 2.75) is 31.7 Å². The number of carbonyl (C=O) groups excluding carboxylic acids is 3. The van der Waals surface area contributed by atoms with Crippen LogP contribution in [0.2, 0.25) is 0 Å². The van der Waals surface area contributed by atoms with Crippen molar-refractivity contribution >= 4 is 33.7 Å². The maximum Gasteiger partial charge on any atom is 0.261 e. The summed E-state index contributed by atoms with van der Waals surface area (Å²) in [5.41, 5.74) is 2.97. The first-order valence-electron chi connectivity index (χ1n) is 11.1. The molecule has 0 bridgehead atoms. The number of carbonyl (C=O) groups is 3. The molecular formula is C27H25BrN2O3. The molecule has 0 radical (unpaired) electrons. The predicted octanol–water partition coefficient (Wildman–Crippen LogP) is 5.51. The molecular weight excluding hydrogens is 480 g/mol. The van der Waals surface area contributed by atoms with Crippen LogP contribution in [0.3, 0.4) is 0 Å². The lowest BCUT2D eigenvalue weighted by Gasteiger charge is -2.21. The molecule has 0 fully saturated rings. The summed E-state index contributed by atoms with van der Waals surface area (Å²) in [6, 6.07) is 24.4. The van der Waals surface area contributed by atoms with Gasteiger partial charge in [-0.1, -0.05) is 83.0 Å². The van der Waals surface area contributed by atoms with Gasteiger partial charge in [0.2, 0.25) is 5.91 Å². The molecule has 6 heteroatoms. The third-order valence-corrected chi connectivity index (χ3v) is 6.54. The second-order valence-electron chi connectivity index (χ2n) is 8.05. The molecule has 0 saturated heterocycles. The number of fused-ring (bicyclic) bond motifs is 1. The number of nitrogens with one attached hydrogen (secondary N) is 1. The molecule has 0 spiro atoms. The molecule has 3 aromatic rings. The predicted molar refractivity (Wildman–Crippen MR) is 131 cm³/mol. The maximum atomic E-state index is 12.7. The van der Waals surface area contributed by atoms with Crippen LogP contribution >= 0.6 is 15.9 Å². The van der Waals surface area contributed by atoms with E-state index in [1.165, 1.54) is 4.90 Å². The Morgan fingerprint density at radius 3 is 2.06 bits per heavy atom. The van der Waals surface area contributed by atoms with E-state index in [-0.39, 0.29) is 23.8 Å². The molecule has 0 aromatic heterocycles. The molecule has 4 rings (SSSR count). The SMILES string of the molecule is O=C(CCCCCN1C(=O)c2ccccc2C1=O)NC(c1ccccc1)c1ccccc1Br. The van der Waals surface area contributed by atoms with E-state index in [1.807, 2.05) is 54.6 Å². The van der Waals surface area contributed by atoms with Crippen molar-refractivity contribution in [1.82, 2.24) is 10.2 Å². The Hall–Kier alpha value is -3.25. The topological polar surface area (TPSA) is 66.5 Å². The van der Waals surface area contributed by atoms with Gasteiger partial charge < -0.3 is 5.32 Å². The number of imide groups is 1. The molecule has 1 unspecified atom stereocenters. The van der Waals surface area contributed by atoms with Gasteiger partial charge in [0.05, 0.1) is 17.2 Å². The van der Waals surface area contributed by atoms with E-state index in [4.69, 9.17) is 0 Å². The average molecular weight is 505 g/mol. The summed E-state index contributed by atoms with van der Waals surface area (Å²) in [4.78, 5) is 38.9. The van der Waals surface area contributed by atoms with Gasteiger partial charge in [0.25, 0.3) is 11.8 Å². The van der Waals surface area contributed by atoms with Gasteiger partial charge in [-0.2, -0.15) is 0 Å². The summed E-state index contributed by atoms with van der Waals surface area (Å²) in [6.45, 7) is 0.373. The minimum Gasteiger partial charge on any atom is -0.345 e. The average Bonchev–Trinajstić information content (AvgIpc) is 3.08. The second-order valence-corrected chi connectivity index (χ2v) is 8.91. The second kappa shape index (κ2) is 10.6. The third-order valence-electron chi connectivity index (χ3n) is 5.82. The van der Waals surface area contributed by atoms with Gasteiger partial charge in [0.1, 0.15) is 0 Å². The van der Waals surface area contributed by atoms with Crippen molar-refractivity contribution in [2.75, 3.05) is 6.54 Å². The Morgan fingerprint density at radius 2 is 1.39 bits per heavy atom. The van der Waals surface area contributed by atoms with Crippen LogP contribution in [0.1, 0.15) is 63.6 Å². The Balaban J connectivity index is 1.28. The van der Waals surface area contributed by atoms with Gasteiger partial charge in [0.15, 0.2) is 0 Å². The minimum atomic E-state index is -0.243. The van der Waals surface area contributed by atoms with E-state index in [2.05, 4.69) is 21.2 Å². The molecule has 1 atom stereocenters. The van der Waals surface area contributed by atoms with Crippen LogP contribution in [-0.4, -0.2) is 29.2 Å². The smallest absolute Gasteiger partial charge is 0.261 e. The monoisotopic (exact) mass is 504 g/mol. The van der Waals surface area contributed by atoms with Gasteiger partial charge in [0, 0.05) is 17.4 Å². The summed E-state index contributed by atoms with van der Waals surface area (Å²) < 4.78 is 0.945. The van der Waals surface area contributed by atoms with Crippen molar-refractivity contribution in [2.24, 2.45) is 0 Å². The maximum absolute atomic E-state index is 12.7. The van der Waals surface area contributed by atoms with Gasteiger partial charge >= 0.3 is 0 Å². The zero-order valence-electron chi connectivity index (χ0n) is 18.2. The highest BCUT2D eigenvalue weighted by atomic mass is 79.9. The standard InChI is InChI=1S/C27H25BrN2O3/c28-23-16-9-8-15-22(23)25(19-11-3-1-4-12-19)29-24(31)17-5-2-10-18-30-26(32)20-13-6-7-14-21(20)27(30)33/h1,3-4,6-9,11-16,25H,2,5,10,17-18H2,(H,29,31). The van der Waals surface area contributed by atoms with Crippen LogP contribution in [0.15, 0.2) is 83.3 Å². The summed E-state index contributed by atoms with van der Waals surface area (Å²) in [5.74, 6) is -0.486. The number of hydrogen-bond donors (Lipinski definition) is 1. The molecule has 0 saturated carbocycles. The van der Waals surface area contributed by atoms with E-state index in [1.54, 1.807) is 24.3 Å². The number of hydrogen-bond acceptors (Lipinski definition) is 3. The van der Waals surface area contributed by atoms with Crippen molar-refractivity contribution in [3.8, 4) is 0 Å². The third kappa shape index (κ3) is 5.22. The van der Waals surface area contributed by atoms with Gasteiger partial charge in [-0.3, -0.25) is 19.3 Å². The van der Waals surface area contributed by atoms with Crippen molar-refractivity contribution in [3.05, 3.63) is 106 Å². The van der Waals surface area contributed by atoms with Crippen LogP contribution in [0.4, 0.5) is 0 Å². The first-order valence-corrected chi connectivity index (χ1v) is 11.9. The largest absolute Gasteiger partial charge is 0.345 e.